The number of nitrogens with zero attached hydrogens (tertiary/aromatic N) is 2. The summed E-state index contributed by atoms with van der Waals surface area (Å²) in [4.78, 5) is 4.10. The fourth-order valence-corrected chi connectivity index (χ4v) is 1.54. The number of hydrogen-bond acceptors (Lipinski definition) is 2. The maximum Gasteiger partial charge on any atom is 0.130 e. The summed E-state index contributed by atoms with van der Waals surface area (Å²) in [6.45, 7) is 0. The highest BCUT2D eigenvalue weighted by Crippen LogP contribution is 2.19. The molecule has 0 radical (unpaired) electrons. The van der Waals surface area contributed by atoms with Crippen LogP contribution in [0.3, 0.4) is 0 Å². The van der Waals surface area contributed by atoms with Crippen molar-refractivity contribution in [3.8, 4) is 0 Å². The lowest BCUT2D eigenvalue weighted by Crippen LogP contribution is -2.17. The van der Waals surface area contributed by atoms with E-state index in [1.807, 2.05) is 7.05 Å². The van der Waals surface area contributed by atoms with Gasteiger partial charge in [0.2, 0.25) is 0 Å². The van der Waals surface area contributed by atoms with Crippen LogP contribution in [0.25, 0.3) is 0 Å². The molecule has 1 aromatic carbocycles. The van der Waals surface area contributed by atoms with E-state index in [0.717, 1.165) is 0 Å². The zero-order chi connectivity index (χ0) is 10.8. The molecule has 0 saturated heterocycles. The van der Waals surface area contributed by atoms with Crippen molar-refractivity contribution in [1.82, 2.24) is 9.55 Å². The molecule has 3 nitrogen and oxygen atoms in total. The molecule has 0 fully saturated rings. The molecule has 1 heterocycles. The summed E-state index contributed by atoms with van der Waals surface area (Å²) >= 11 is 0. The summed E-state index contributed by atoms with van der Waals surface area (Å²) in [6, 6.07) is 5.96. The van der Waals surface area contributed by atoms with Gasteiger partial charge in [0.05, 0.1) is 6.04 Å². The van der Waals surface area contributed by atoms with Crippen molar-refractivity contribution < 1.29 is 4.39 Å². The van der Waals surface area contributed by atoms with E-state index in [2.05, 4.69) is 4.98 Å². The SMILES string of the molecule is Cn1ccnc1[C@@H](N)c1ccccc1F. The van der Waals surface area contributed by atoms with Gasteiger partial charge in [-0.2, -0.15) is 0 Å². The number of aromatic nitrogens is 2. The molecule has 0 amide bonds. The fraction of sp³-hybridized carbons (Fsp3) is 0.182. The van der Waals surface area contributed by atoms with Crippen molar-refractivity contribution in [3.05, 3.63) is 53.9 Å². The highest BCUT2D eigenvalue weighted by molar-refractivity contribution is 5.26. The van der Waals surface area contributed by atoms with Gasteiger partial charge in [-0.1, -0.05) is 18.2 Å². The molecule has 0 aliphatic rings. The van der Waals surface area contributed by atoms with Crippen molar-refractivity contribution in [2.45, 2.75) is 6.04 Å². The number of aryl methyl sites for hydroxylation is 1. The topological polar surface area (TPSA) is 43.8 Å². The average molecular weight is 205 g/mol. The fourth-order valence-electron chi connectivity index (χ4n) is 1.54. The summed E-state index contributed by atoms with van der Waals surface area (Å²) in [5.41, 5.74) is 6.40. The van der Waals surface area contributed by atoms with Crippen LogP contribution in [0.15, 0.2) is 36.7 Å². The van der Waals surface area contributed by atoms with Crippen LogP contribution in [0.5, 0.6) is 0 Å². The minimum Gasteiger partial charge on any atom is -0.336 e. The van der Waals surface area contributed by atoms with Gasteiger partial charge >= 0.3 is 0 Å². The monoisotopic (exact) mass is 205 g/mol. The Balaban J connectivity index is 2.41. The van der Waals surface area contributed by atoms with Crippen molar-refractivity contribution in [2.24, 2.45) is 12.8 Å². The van der Waals surface area contributed by atoms with E-state index in [1.165, 1.54) is 6.07 Å². The molecular weight excluding hydrogens is 193 g/mol. The Morgan fingerprint density at radius 3 is 2.73 bits per heavy atom. The van der Waals surface area contributed by atoms with Crippen LogP contribution < -0.4 is 5.73 Å². The molecule has 1 atom stereocenters. The highest BCUT2D eigenvalue weighted by atomic mass is 19.1. The molecule has 4 heteroatoms. The van der Waals surface area contributed by atoms with Crippen LogP contribution in [0.4, 0.5) is 4.39 Å². The van der Waals surface area contributed by atoms with Gasteiger partial charge in [-0.3, -0.25) is 0 Å². The smallest absolute Gasteiger partial charge is 0.130 e. The van der Waals surface area contributed by atoms with Gasteiger partial charge < -0.3 is 10.3 Å². The Hall–Kier alpha value is -1.68. The minimum atomic E-state index is -0.522. The van der Waals surface area contributed by atoms with Crippen LogP contribution >= 0.6 is 0 Å². The third-order valence-electron chi connectivity index (χ3n) is 2.38. The van der Waals surface area contributed by atoms with Crippen molar-refractivity contribution >= 4 is 0 Å². The predicted octanol–water partition coefficient (Wildman–Crippen LogP) is 1.61. The number of imidazole rings is 1. The summed E-state index contributed by atoms with van der Waals surface area (Å²) < 4.78 is 15.2. The zero-order valence-electron chi connectivity index (χ0n) is 8.39. The summed E-state index contributed by atoms with van der Waals surface area (Å²) in [5, 5.41) is 0. The van der Waals surface area contributed by atoms with Gasteiger partial charge in [0.25, 0.3) is 0 Å². The predicted molar refractivity (Wildman–Crippen MR) is 55.6 cm³/mol. The van der Waals surface area contributed by atoms with Crippen LogP contribution in [0, 0.1) is 5.82 Å². The quantitative estimate of drug-likeness (QED) is 0.809. The Bertz CT molecular complexity index is 464. The standard InChI is InChI=1S/C11H12FN3/c1-15-7-6-14-11(15)10(13)8-4-2-3-5-9(8)12/h2-7,10H,13H2,1H3/t10-/m0/s1. The van der Waals surface area contributed by atoms with E-state index >= 15 is 0 Å². The van der Waals surface area contributed by atoms with E-state index in [4.69, 9.17) is 5.73 Å². The van der Waals surface area contributed by atoms with E-state index in [9.17, 15) is 4.39 Å². The Morgan fingerprint density at radius 1 is 1.40 bits per heavy atom. The van der Waals surface area contributed by atoms with Gasteiger partial charge in [-0.25, -0.2) is 9.37 Å². The van der Waals surface area contributed by atoms with E-state index in [1.54, 1.807) is 35.2 Å². The van der Waals surface area contributed by atoms with E-state index in [-0.39, 0.29) is 5.82 Å². The molecule has 0 unspecified atom stereocenters. The molecule has 78 valence electrons. The zero-order valence-corrected chi connectivity index (χ0v) is 8.39. The Kier molecular flexibility index (Phi) is 2.51. The number of nitrogens with two attached hydrogens (primary N) is 1. The number of hydrogen-bond donors (Lipinski definition) is 1. The van der Waals surface area contributed by atoms with Crippen LogP contribution in [-0.4, -0.2) is 9.55 Å². The normalized spacial score (nSPS) is 12.7. The number of rotatable bonds is 2. The van der Waals surface area contributed by atoms with Gasteiger partial charge in [-0.15, -0.1) is 0 Å². The number of benzene rings is 1. The first-order valence-corrected chi connectivity index (χ1v) is 4.67. The van der Waals surface area contributed by atoms with Gasteiger partial charge in [0, 0.05) is 25.0 Å². The Labute approximate surface area is 87.4 Å². The molecular formula is C11H12FN3. The van der Waals surface area contributed by atoms with E-state index < -0.39 is 6.04 Å². The maximum atomic E-state index is 13.4. The largest absolute Gasteiger partial charge is 0.336 e. The lowest BCUT2D eigenvalue weighted by Gasteiger charge is -2.12. The van der Waals surface area contributed by atoms with Crippen molar-refractivity contribution in [2.75, 3.05) is 0 Å². The van der Waals surface area contributed by atoms with Crippen molar-refractivity contribution in [1.29, 1.82) is 0 Å². The van der Waals surface area contributed by atoms with Crippen LogP contribution in [-0.2, 0) is 7.05 Å². The Morgan fingerprint density at radius 2 is 2.13 bits per heavy atom. The van der Waals surface area contributed by atoms with Gasteiger partial charge in [0.15, 0.2) is 0 Å². The molecule has 2 rings (SSSR count). The van der Waals surface area contributed by atoms with Gasteiger partial charge in [0.1, 0.15) is 11.6 Å². The summed E-state index contributed by atoms with van der Waals surface area (Å²) in [7, 11) is 1.84. The molecule has 0 spiro atoms. The van der Waals surface area contributed by atoms with Gasteiger partial charge in [-0.05, 0) is 6.07 Å². The third kappa shape index (κ3) is 1.76. The van der Waals surface area contributed by atoms with Crippen LogP contribution in [0.1, 0.15) is 17.4 Å². The third-order valence-corrected chi connectivity index (χ3v) is 2.38. The molecule has 0 saturated carbocycles. The molecule has 2 N–H and O–H groups in total. The second kappa shape index (κ2) is 3.82. The molecule has 0 bridgehead atoms. The van der Waals surface area contributed by atoms with Crippen molar-refractivity contribution in [3.63, 3.8) is 0 Å². The molecule has 15 heavy (non-hydrogen) atoms. The first-order valence-electron chi connectivity index (χ1n) is 4.67. The second-order valence-electron chi connectivity index (χ2n) is 3.40. The lowest BCUT2D eigenvalue weighted by molar-refractivity contribution is 0.588. The summed E-state index contributed by atoms with van der Waals surface area (Å²) in [6.07, 6.45) is 3.44. The summed E-state index contributed by atoms with van der Waals surface area (Å²) in [5.74, 6) is 0.355. The average Bonchev–Trinajstić information content (AvgIpc) is 2.64. The second-order valence-corrected chi connectivity index (χ2v) is 3.40. The number of halogens is 1. The first-order chi connectivity index (χ1) is 7.20. The maximum absolute atomic E-state index is 13.4. The highest BCUT2D eigenvalue weighted by Gasteiger charge is 2.16. The molecule has 2 aromatic rings. The molecule has 0 aliphatic heterocycles. The van der Waals surface area contributed by atoms with E-state index in [0.29, 0.717) is 11.4 Å². The molecule has 0 aliphatic carbocycles. The van der Waals surface area contributed by atoms with Crippen LogP contribution in [0.2, 0.25) is 0 Å². The molecule has 1 aromatic heterocycles. The first kappa shape index (κ1) is 9.86. The minimum absolute atomic E-state index is 0.298. The lowest BCUT2D eigenvalue weighted by atomic mass is 10.1.